The Labute approximate surface area is 124 Å². The fourth-order valence-corrected chi connectivity index (χ4v) is 2.38. The summed E-state index contributed by atoms with van der Waals surface area (Å²) in [7, 11) is 0. The number of hydrogen-bond acceptors (Lipinski definition) is 4. The van der Waals surface area contributed by atoms with Gasteiger partial charge in [-0.25, -0.2) is 4.98 Å². The minimum atomic E-state index is 0.320. The maximum absolute atomic E-state index is 4.38. The molecule has 5 heteroatoms. The first kappa shape index (κ1) is 13.5. The fourth-order valence-electron chi connectivity index (χ4n) is 2.38. The van der Waals surface area contributed by atoms with E-state index in [9.17, 15) is 0 Å². The van der Waals surface area contributed by atoms with Gasteiger partial charge >= 0.3 is 0 Å². The van der Waals surface area contributed by atoms with Crippen LogP contribution in [-0.4, -0.2) is 25.6 Å². The van der Waals surface area contributed by atoms with Crippen LogP contribution in [0.3, 0.4) is 0 Å². The smallest absolute Gasteiger partial charge is 0.203 e. The van der Waals surface area contributed by atoms with Gasteiger partial charge < -0.3 is 5.32 Å². The van der Waals surface area contributed by atoms with Gasteiger partial charge in [-0.15, -0.1) is 10.2 Å². The van der Waals surface area contributed by atoms with Crippen molar-refractivity contribution in [3.8, 4) is 0 Å². The zero-order chi connectivity index (χ0) is 14.7. The predicted octanol–water partition coefficient (Wildman–Crippen LogP) is 2.87. The van der Waals surface area contributed by atoms with Crippen LogP contribution in [0.25, 0.3) is 5.65 Å². The quantitative estimate of drug-likeness (QED) is 0.781. The minimum absolute atomic E-state index is 0.320. The molecule has 0 radical (unpaired) electrons. The van der Waals surface area contributed by atoms with Gasteiger partial charge in [0.2, 0.25) is 5.65 Å². The molecule has 1 aromatic carbocycles. The molecule has 0 aliphatic heterocycles. The van der Waals surface area contributed by atoms with Crippen molar-refractivity contribution in [3.05, 3.63) is 54.1 Å². The SMILES string of the molecule is Cc1nnc2c(NC(C)CCc3ccccc3)nccn12. The van der Waals surface area contributed by atoms with E-state index in [1.807, 2.05) is 23.6 Å². The van der Waals surface area contributed by atoms with Crippen LogP contribution in [0.4, 0.5) is 5.82 Å². The maximum atomic E-state index is 4.38. The number of benzene rings is 1. The van der Waals surface area contributed by atoms with E-state index in [1.165, 1.54) is 5.56 Å². The number of hydrogen-bond donors (Lipinski definition) is 1. The van der Waals surface area contributed by atoms with Gasteiger partial charge in [0, 0.05) is 18.4 Å². The molecule has 2 aromatic heterocycles. The van der Waals surface area contributed by atoms with Crippen molar-refractivity contribution in [1.29, 1.82) is 0 Å². The van der Waals surface area contributed by atoms with Crippen LogP contribution in [0.1, 0.15) is 24.7 Å². The van der Waals surface area contributed by atoms with Crippen molar-refractivity contribution >= 4 is 11.5 Å². The number of rotatable bonds is 5. The second kappa shape index (κ2) is 5.91. The van der Waals surface area contributed by atoms with Crippen LogP contribution in [0.15, 0.2) is 42.7 Å². The van der Waals surface area contributed by atoms with Crippen LogP contribution in [0.2, 0.25) is 0 Å². The number of nitrogens with zero attached hydrogens (tertiary/aromatic N) is 4. The van der Waals surface area contributed by atoms with Crippen molar-refractivity contribution in [2.24, 2.45) is 0 Å². The van der Waals surface area contributed by atoms with Gasteiger partial charge in [-0.2, -0.15) is 0 Å². The molecule has 0 aliphatic carbocycles. The summed E-state index contributed by atoms with van der Waals surface area (Å²) in [4.78, 5) is 4.38. The molecule has 1 unspecified atom stereocenters. The summed E-state index contributed by atoms with van der Waals surface area (Å²) in [5.74, 6) is 1.66. The molecule has 21 heavy (non-hydrogen) atoms. The molecule has 0 bridgehead atoms. The number of aromatic nitrogens is 4. The lowest BCUT2D eigenvalue weighted by molar-refractivity contribution is 0.703. The van der Waals surface area contributed by atoms with Crippen molar-refractivity contribution in [1.82, 2.24) is 19.6 Å². The highest BCUT2D eigenvalue weighted by atomic mass is 15.3. The highest BCUT2D eigenvalue weighted by Gasteiger charge is 2.10. The van der Waals surface area contributed by atoms with E-state index in [0.29, 0.717) is 6.04 Å². The molecule has 0 spiro atoms. The van der Waals surface area contributed by atoms with Crippen molar-refractivity contribution in [3.63, 3.8) is 0 Å². The Bertz CT molecular complexity index is 720. The van der Waals surface area contributed by atoms with Gasteiger partial charge in [0.25, 0.3) is 0 Å². The third kappa shape index (κ3) is 3.02. The minimum Gasteiger partial charge on any atom is -0.364 e. The average molecular weight is 281 g/mol. The third-order valence-electron chi connectivity index (χ3n) is 3.59. The van der Waals surface area contributed by atoms with Crippen LogP contribution in [-0.2, 0) is 6.42 Å². The number of nitrogens with one attached hydrogen (secondary N) is 1. The highest BCUT2D eigenvalue weighted by Crippen LogP contribution is 2.15. The van der Waals surface area contributed by atoms with Gasteiger partial charge in [-0.1, -0.05) is 30.3 Å². The maximum Gasteiger partial charge on any atom is 0.203 e. The molecule has 3 aromatic rings. The van der Waals surface area contributed by atoms with E-state index in [0.717, 1.165) is 30.1 Å². The average Bonchev–Trinajstić information content (AvgIpc) is 2.89. The van der Waals surface area contributed by atoms with Crippen LogP contribution >= 0.6 is 0 Å². The zero-order valence-electron chi connectivity index (χ0n) is 12.3. The monoisotopic (exact) mass is 281 g/mol. The summed E-state index contributed by atoms with van der Waals surface area (Å²) in [6.07, 6.45) is 5.74. The molecule has 0 saturated carbocycles. The molecule has 108 valence electrons. The zero-order valence-corrected chi connectivity index (χ0v) is 12.3. The van der Waals surface area contributed by atoms with E-state index in [4.69, 9.17) is 0 Å². The summed E-state index contributed by atoms with van der Waals surface area (Å²) >= 11 is 0. The Balaban J connectivity index is 1.67. The highest BCUT2D eigenvalue weighted by molar-refractivity contribution is 5.62. The topological polar surface area (TPSA) is 55.1 Å². The summed E-state index contributed by atoms with van der Waals surface area (Å²) < 4.78 is 1.94. The summed E-state index contributed by atoms with van der Waals surface area (Å²) in [5.41, 5.74) is 2.14. The second-order valence-electron chi connectivity index (χ2n) is 5.29. The van der Waals surface area contributed by atoms with Crippen molar-refractivity contribution in [2.75, 3.05) is 5.32 Å². The standard InChI is InChI=1S/C16H19N5/c1-12(8-9-14-6-4-3-5-7-14)18-15-16-20-19-13(2)21(16)11-10-17-15/h3-7,10-12H,8-9H2,1-2H3,(H,17,18). The summed E-state index contributed by atoms with van der Waals surface area (Å²) in [6.45, 7) is 4.10. The predicted molar refractivity (Wildman–Crippen MR) is 83.4 cm³/mol. The Morgan fingerprint density at radius 2 is 2.00 bits per heavy atom. The summed E-state index contributed by atoms with van der Waals surface area (Å²) in [6, 6.07) is 10.8. The second-order valence-corrected chi connectivity index (χ2v) is 5.29. The first-order chi connectivity index (χ1) is 10.2. The van der Waals surface area contributed by atoms with E-state index in [1.54, 1.807) is 6.20 Å². The molecule has 3 rings (SSSR count). The molecule has 0 amide bonds. The fraction of sp³-hybridized carbons (Fsp3) is 0.312. The lowest BCUT2D eigenvalue weighted by atomic mass is 10.1. The molecule has 5 nitrogen and oxygen atoms in total. The van der Waals surface area contributed by atoms with E-state index in [2.05, 4.69) is 51.7 Å². The molecule has 0 fully saturated rings. The lowest BCUT2D eigenvalue weighted by Crippen LogP contribution is -2.17. The molecule has 1 atom stereocenters. The van der Waals surface area contributed by atoms with Gasteiger partial charge in [0.05, 0.1) is 0 Å². The van der Waals surface area contributed by atoms with Crippen LogP contribution in [0.5, 0.6) is 0 Å². The van der Waals surface area contributed by atoms with E-state index < -0.39 is 0 Å². The molecule has 1 N–H and O–H groups in total. The molecular weight excluding hydrogens is 262 g/mol. The van der Waals surface area contributed by atoms with Gasteiger partial charge in [-0.3, -0.25) is 4.40 Å². The van der Waals surface area contributed by atoms with Gasteiger partial charge in [0.1, 0.15) is 5.82 Å². The van der Waals surface area contributed by atoms with E-state index in [-0.39, 0.29) is 0 Å². The van der Waals surface area contributed by atoms with Crippen LogP contribution < -0.4 is 5.32 Å². The van der Waals surface area contributed by atoms with E-state index >= 15 is 0 Å². The third-order valence-corrected chi connectivity index (χ3v) is 3.59. The lowest BCUT2D eigenvalue weighted by Gasteiger charge is -2.14. The molecule has 0 aliphatic rings. The molecule has 0 saturated heterocycles. The Kier molecular flexibility index (Phi) is 3.81. The number of anilines is 1. The van der Waals surface area contributed by atoms with Crippen molar-refractivity contribution < 1.29 is 0 Å². The summed E-state index contributed by atoms with van der Waals surface area (Å²) in [5, 5.41) is 11.7. The first-order valence-electron chi connectivity index (χ1n) is 7.21. The largest absolute Gasteiger partial charge is 0.364 e. The Morgan fingerprint density at radius 1 is 1.19 bits per heavy atom. The molecule has 2 heterocycles. The van der Waals surface area contributed by atoms with Crippen LogP contribution in [0, 0.1) is 6.92 Å². The normalized spacial score (nSPS) is 12.5. The van der Waals surface area contributed by atoms with Gasteiger partial charge in [-0.05, 0) is 32.3 Å². The Hall–Kier alpha value is -2.43. The van der Waals surface area contributed by atoms with Gasteiger partial charge in [0.15, 0.2) is 5.82 Å². The molecular formula is C16H19N5. The Morgan fingerprint density at radius 3 is 2.81 bits per heavy atom. The van der Waals surface area contributed by atoms with Crippen molar-refractivity contribution in [2.45, 2.75) is 32.7 Å². The first-order valence-corrected chi connectivity index (χ1v) is 7.21. The number of fused-ring (bicyclic) bond motifs is 1. The number of aryl methyl sites for hydroxylation is 2.